The lowest BCUT2D eigenvalue weighted by Crippen LogP contribution is -2.04. The Bertz CT molecular complexity index is 4220. The Hall–Kier alpha value is -8.67. The van der Waals surface area contributed by atoms with Gasteiger partial charge in [-0.3, -0.25) is 4.98 Å². The van der Waals surface area contributed by atoms with Gasteiger partial charge in [-0.25, -0.2) is 0 Å². The van der Waals surface area contributed by atoms with Crippen molar-refractivity contribution in [3.63, 3.8) is 0 Å². The standard InChI is InChI=1S/C61H41N5/c1-38-16-15-33-62-61(38)49-36-42(65-56-27-13-7-21-47(56)50-34-40(29-31-58(50)65)63-52-23-9-3-17-43(52)44-18-4-10-24-53(44)63)37-60(39(49)2)66-57-28-14-8-22-48(57)51-35-41(30-32-59(51)66)64-54-25-11-5-19-45(54)46-20-6-12-26-55(46)64/h3-37H,1-2H3. The van der Waals surface area contributed by atoms with Crippen LogP contribution in [0.1, 0.15) is 11.1 Å². The summed E-state index contributed by atoms with van der Waals surface area (Å²) < 4.78 is 9.77. The van der Waals surface area contributed by atoms with Gasteiger partial charge < -0.3 is 18.3 Å². The van der Waals surface area contributed by atoms with E-state index >= 15 is 0 Å². The zero-order valence-corrected chi connectivity index (χ0v) is 36.4. The highest BCUT2D eigenvalue weighted by Crippen LogP contribution is 2.42. The molecule has 5 heteroatoms. The van der Waals surface area contributed by atoms with E-state index in [9.17, 15) is 0 Å². The molecule has 5 nitrogen and oxygen atoms in total. The monoisotopic (exact) mass is 843 g/mol. The smallest absolute Gasteiger partial charge is 0.0735 e. The molecule has 5 aromatic heterocycles. The normalized spacial score (nSPS) is 12.1. The Morgan fingerprint density at radius 1 is 0.303 bits per heavy atom. The minimum atomic E-state index is 0.988. The first-order chi connectivity index (χ1) is 32.6. The molecule has 0 N–H and O–H groups in total. The molecule has 14 rings (SSSR count). The van der Waals surface area contributed by atoms with Gasteiger partial charge in [0.25, 0.3) is 0 Å². The zero-order chi connectivity index (χ0) is 43.6. The largest absolute Gasteiger partial charge is 0.309 e. The van der Waals surface area contributed by atoms with Crippen LogP contribution in [0.15, 0.2) is 212 Å². The number of hydrogen-bond acceptors (Lipinski definition) is 1. The fourth-order valence-corrected chi connectivity index (χ4v) is 11.2. The van der Waals surface area contributed by atoms with Gasteiger partial charge in [0.1, 0.15) is 0 Å². The average molecular weight is 844 g/mol. The Balaban J connectivity index is 1.03. The van der Waals surface area contributed by atoms with E-state index in [1.807, 2.05) is 12.3 Å². The molecule has 14 aromatic rings. The Morgan fingerprint density at radius 2 is 0.667 bits per heavy atom. The molecule has 5 heterocycles. The van der Waals surface area contributed by atoms with Crippen molar-refractivity contribution < 1.29 is 0 Å². The van der Waals surface area contributed by atoms with Crippen molar-refractivity contribution in [2.45, 2.75) is 13.8 Å². The molecule has 0 saturated carbocycles. The van der Waals surface area contributed by atoms with Crippen LogP contribution in [0, 0.1) is 13.8 Å². The number of para-hydroxylation sites is 6. The first-order valence-electron chi connectivity index (χ1n) is 22.7. The molecular weight excluding hydrogens is 803 g/mol. The van der Waals surface area contributed by atoms with Gasteiger partial charge in [-0.1, -0.05) is 115 Å². The summed E-state index contributed by atoms with van der Waals surface area (Å²) in [7, 11) is 0. The van der Waals surface area contributed by atoms with Crippen molar-refractivity contribution in [3.8, 4) is 34.0 Å². The second kappa shape index (κ2) is 13.9. The molecule has 0 aliphatic rings. The first kappa shape index (κ1) is 36.8. The van der Waals surface area contributed by atoms with Crippen LogP contribution >= 0.6 is 0 Å². The second-order valence-corrected chi connectivity index (χ2v) is 17.7. The van der Waals surface area contributed by atoms with Crippen LogP contribution in [0.3, 0.4) is 0 Å². The molecule has 66 heavy (non-hydrogen) atoms. The summed E-state index contributed by atoms with van der Waals surface area (Å²) in [4.78, 5) is 5.06. The molecule has 310 valence electrons. The van der Waals surface area contributed by atoms with E-state index < -0.39 is 0 Å². The number of fused-ring (bicyclic) bond motifs is 12. The van der Waals surface area contributed by atoms with E-state index in [0.29, 0.717) is 0 Å². The number of hydrogen-bond donors (Lipinski definition) is 0. The molecule has 9 aromatic carbocycles. The number of aryl methyl sites for hydroxylation is 1. The molecule has 0 radical (unpaired) electrons. The highest BCUT2D eigenvalue weighted by molar-refractivity contribution is 6.14. The van der Waals surface area contributed by atoms with Gasteiger partial charge in [-0.2, -0.15) is 0 Å². The van der Waals surface area contributed by atoms with E-state index in [-0.39, 0.29) is 0 Å². The number of aromatic nitrogens is 5. The van der Waals surface area contributed by atoms with Crippen LogP contribution in [0.2, 0.25) is 0 Å². The van der Waals surface area contributed by atoms with Crippen molar-refractivity contribution in [2.75, 3.05) is 0 Å². The van der Waals surface area contributed by atoms with Crippen LogP contribution in [0.4, 0.5) is 0 Å². The summed E-state index contributed by atoms with van der Waals surface area (Å²) in [6, 6.07) is 75.6. The maximum Gasteiger partial charge on any atom is 0.0735 e. The van der Waals surface area contributed by atoms with Gasteiger partial charge in [0.15, 0.2) is 0 Å². The Labute approximate surface area is 380 Å². The van der Waals surface area contributed by atoms with Gasteiger partial charge >= 0.3 is 0 Å². The molecule has 0 spiro atoms. The van der Waals surface area contributed by atoms with Crippen LogP contribution in [-0.4, -0.2) is 23.3 Å². The summed E-state index contributed by atoms with van der Waals surface area (Å²) in [5.41, 5.74) is 18.3. The maximum absolute atomic E-state index is 5.06. The Kier molecular flexibility index (Phi) is 7.75. The van der Waals surface area contributed by atoms with Gasteiger partial charge in [-0.05, 0) is 116 Å². The third kappa shape index (κ3) is 5.14. The van der Waals surface area contributed by atoms with E-state index in [1.54, 1.807) is 0 Å². The summed E-state index contributed by atoms with van der Waals surface area (Å²) in [5, 5.41) is 9.87. The number of benzene rings is 9. The summed E-state index contributed by atoms with van der Waals surface area (Å²) in [6.07, 6.45) is 1.92. The number of rotatable bonds is 5. The predicted molar refractivity (Wildman–Crippen MR) is 277 cm³/mol. The fourth-order valence-electron chi connectivity index (χ4n) is 11.2. The van der Waals surface area contributed by atoms with Gasteiger partial charge in [-0.15, -0.1) is 0 Å². The molecule has 0 aliphatic carbocycles. The predicted octanol–water partition coefficient (Wildman–Crippen LogP) is 15.8. The minimum absolute atomic E-state index is 0.988. The molecule has 0 aliphatic heterocycles. The van der Waals surface area contributed by atoms with Gasteiger partial charge in [0, 0.05) is 71.9 Å². The topological polar surface area (TPSA) is 32.6 Å². The lowest BCUT2D eigenvalue weighted by Gasteiger charge is -2.20. The van der Waals surface area contributed by atoms with Gasteiger partial charge in [0.05, 0.1) is 55.5 Å². The number of nitrogens with zero attached hydrogens (tertiary/aromatic N) is 5. The summed E-state index contributed by atoms with van der Waals surface area (Å²) in [5.74, 6) is 0. The summed E-state index contributed by atoms with van der Waals surface area (Å²) in [6.45, 7) is 4.43. The van der Waals surface area contributed by atoms with Crippen molar-refractivity contribution >= 4 is 87.2 Å². The second-order valence-electron chi connectivity index (χ2n) is 17.7. The molecular formula is C61H41N5. The number of pyridine rings is 1. The SMILES string of the molecule is Cc1cccnc1-c1cc(-n2c3ccccc3c3cc(-n4c5ccccc5c5ccccc54)ccc32)cc(-n2c3ccccc3c3cc(-n4c5ccccc5c5ccccc54)ccc32)c1C. The van der Waals surface area contributed by atoms with Crippen molar-refractivity contribution in [2.24, 2.45) is 0 Å². The third-order valence-electron chi connectivity index (χ3n) is 14.1. The lowest BCUT2D eigenvalue weighted by atomic mass is 9.98. The third-order valence-corrected chi connectivity index (χ3v) is 14.1. The summed E-state index contributed by atoms with van der Waals surface area (Å²) >= 11 is 0. The average Bonchev–Trinajstić information content (AvgIpc) is 4.09. The Morgan fingerprint density at radius 3 is 1.11 bits per heavy atom. The maximum atomic E-state index is 5.06. The molecule has 0 saturated heterocycles. The fraction of sp³-hybridized carbons (Fsp3) is 0.0328. The molecule has 0 fully saturated rings. The van der Waals surface area contributed by atoms with Crippen molar-refractivity contribution in [3.05, 3.63) is 224 Å². The molecule has 0 amide bonds. The zero-order valence-electron chi connectivity index (χ0n) is 36.4. The van der Waals surface area contributed by atoms with E-state index in [4.69, 9.17) is 4.98 Å². The first-order valence-corrected chi connectivity index (χ1v) is 22.7. The van der Waals surface area contributed by atoms with Crippen LogP contribution in [0.5, 0.6) is 0 Å². The molecule has 0 bridgehead atoms. The highest BCUT2D eigenvalue weighted by atomic mass is 15.0. The van der Waals surface area contributed by atoms with E-state index in [0.717, 1.165) is 61.6 Å². The van der Waals surface area contributed by atoms with Crippen LogP contribution in [-0.2, 0) is 0 Å². The van der Waals surface area contributed by atoms with Crippen molar-refractivity contribution in [1.29, 1.82) is 0 Å². The van der Waals surface area contributed by atoms with Crippen molar-refractivity contribution in [1.82, 2.24) is 23.3 Å². The molecule has 0 atom stereocenters. The van der Waals surface area contributed by atoms with Crippen LogP contribution in [0.25, 0.3) is 121 Å². The molecule has 0 unspecified atom stereocenters. The minimum Gasteiger partial charge on any atom is -0.309 e. The van der Waals surface area contributed by atoms with E-state index in [1.165, 1.54) is 70.7 Å². The van der Waals surface area contributed by atoms with E-state index in [2.05, 4.69) is 232 Å². The van der Waals surface area contributed by atoms with Gasteiger partial charge in [0.2, 0.25) is 0 Å². The lowest BCUT2D eigenvalue weighted by molar-refractivity contribution is 1.11. The quantitative estimate of drug-likeness (QED) is 0.170. The highest BCUT2D eigenvalue weighted by Gasteiger charge is 2.23. The van der Waals surface area contributed by atoms with Crippen LogP contribution < -0.4 is 0 Å².